The number of imidazole rings is 1. The molecule has 1 fully saturated rings. The summed E-state index contributed by atoms with van der Waals surface area (Å²) in [5.41, 5.74) is 9.76. The van der Waals surface area contributed by atoms with Crippen molar-refractivity contribution in [1.82, 2.24) is 24.6 Å². The Labute approximate surface area is 218 Å². The fraction of sp³-hybridized carbons (Fsp3) is 0.269. The largest absolute Gasteiger partial charge is 0.485 e. The number of anilines is 1. The zero-order chi connectivity index (χ0) is 25.0. The number of piperidine rings is 1. The van der Waals surface area contributed by atoms with Gasteiger partial charge in [0.2, 0.25) is 0 Å². The molecule has 6 rings (SSSR count). The molecule has 8 nitrogen and oxygen atoms in total. The van der Waals surface area contributed by atoms with Crippen molar-refractivity contribution in [2.24, 2.45) is 5.73 Å². The molecule has 2 aliphatic rings. The maximum Gasteiger partial charge on any atom is 0.160 e. The molecule has 0 aliphatic carbocycles. The molecule has 3 N–H and O–H groups in total. The number of aromatic amines is 1. The van der Waals surface area contributed by atoms with E-state index in [0.29, 0.717) is 21.4 Å². The number of benzene rings is 1. The average Bonchev–Trinajstić information content (AvgIpc) is 3.55. The van der Waals surface area contributed by atoms with Crippen LogP contribution in [0, 0.1) is 0 Å². The summed E-state index contributed by atoms with van der Waals surface area (Å²) in [5, 5.41) is 8.47. The standard InChI is InChI=1S/C26H25Cl2N7O/c1-3-4-5-19-15(2)22(29)26(36-19)8-11-34(12-9-26)25-18-14-31-24(35(18)13-10-30-25)16-6-7-17-20(21(16)27)23(28)33-32-17/h3-7,10,13-14,22H,1,8-9,11-12,29H2,2H3,(H,32,33)/b5-4-/t22-/m1/s1. The second kappa shape index (κ2) is 8.65. The maximum atomic E-state index is 6.74. The van der Waals surface area contributed by atoms with Crippen LogP contribution in [0.5, 0.6) is 0 Å². The molecular weight excluding hydrogens is 497 g/mol. The molecule has 0 saturated carbocycles. The van der Waals surface area contributed by atoms with E-state index in [2.05, 4.69) is 21.7 Å². The maximum absolute atomic E-state index is 6.74. The minimum Gasteiger partial charge on any atom is -0.485 e. The van der Waals surface area contributed by atoms with Crippen molar-refractivity contribution in [3.8, 4) is 11.4 Å². The zero-order valence-electron chi connectivity index (χ0n) is 19.7. The third kappa shape index (κ3) is 3.43. The Bertz CT molecular complexity index is 1560. The molecule has 1 spiro atoms. The van der Waals surface area contributed by atoms with Gasteiger partial charge in [0.25, 0.3) is 0 Å². The summed E-state index contributed by atoms with van der Waals surface area (Å²) in [7, 11) is 0. The molecule has 3 aromatic heterocycles. The van der Waals surface area contributed by atoms with Crippen molar-refractivity contribution in [2.75, 3.05) is 18.0 Å². The number of fused-ring (bicyclic) bond motifs is 2. The molecule has 10 heteroatoms. The van der Waals surface area contributed by atoms with Crippen LogP contribution in [0.1, 0.15) is 19.8 Å². The van der Waals surface area contributed by atoms with Crippen LogP contribution in [0.25, 0.3) is 27.8 Å². The van der Waals surface area contributed by atoms with Crippen LogP contribution in [0.15, 0.2) is 66.9 Å². The van der Waals surface area contributed by atoms with Crippen molar-refractivity contribution >= 4 is 45.4 Å². The Morgan fingerprint density at radius 1 is 1.25 bits per heavy atom. The van der Waals surface area contributed by atoms with Gasteiger partial charge in [0.15, 0.2) is 11.0 Å². The summed E-state index contributed by atoms with van der Waals surface area (Å²) >= 11 is 13.0. The smallest absolute Gasteiger partial charge is 0.160 e. The molecule has 2 aliphatic heterocycles. The van der Waals surface area contributed by atoms with Crippen LogP contribution in [-0.4, -0.2) is 49.3 Å². The van der Waals surface area contributed by atoms with Crippen molar-refractivity contribution in [2.45, 2.75) is 31.4 Å². The Balaban J connectivity index is 1.30. The Morgan fingerprint density at radius 2 is 2.06 bits per heavy atom. The molecule has 0 unspecified atom stereocenters. The topological polar surface area (TPSA) is 97.4 Å². The second-order valence-electron chi connectivity index (χ2n) is 9.23. The van der Waals surface area contributed by atoms with Gasteiger partial charge < -0.3 is 15.4 Å². The van der Waals surface area contributed by atoms with Gasteiger partial charge in [-0.3, -0.25) is 9.50 Å². The molecule has 184 valence electrons. The molecule has 1 aromatic carbocycles. The molecular formula is C26H25Cl2N7O. The van der Waals surface area contributed by atoms with Gasteiger partial charge in [-0.2, -0.15) is 5.10 Å². The van der Waals surface area contributed by atoms with Crippen LogP contribution in [-0.2, 0) is 4.74 Å². The third-order valence-electron chi connectivity index (χ3n) is 7.33. The van der Waals surface area contributed by atoms with E-state index in [4.69, 9.17) is 43.6 Å². The van der Waals surface area contributed by atoms with Gasteiger partial charge in [-0.05, 0) is 30.7 Å². The fourth-order valence-electron chi connectivity index (χ4n) is 5.31. The number of rotatable bonds is 4. The van der Waals surface area contributed by atoms with Gasteiger partial charge in [-0.15, -0.1) is 0 Å². The number of allylic oxidation sites excluding steroid dienone is 3. The van der Waals surface area contributed by atoms with Crippen molar-refractivity contribution in [3.63, 3.8) is 0 Å². The number of halogens is 2. The predicted molar refractivity (Wildman–Crippen MR) is 143 cm³/mol. The van der Waals surface area contributed by atoms with E-state index in [0.717, 1.165) is 59.7 Å². The fourth-order valence-corrected chi connectivity index (χ4v) is 5.93. The first-order valence-corrected chi connectivity index (χ1v) is 12.5. The van der Waals surface area contributed by atoms with Gasteiger partial charge in [-0.1, -0.05) is 41.9 Å². The van der Waals surface area contributed by atoms with E-state index in [1.165, 1.54) is 0 Å². The van der Waals surface area contributed by atoms with Crippen LogP contribution in [0.2, 0.25) is 10.2 Å². The van der Waals surface area contributed by atoms with E-state index < -0.39 is 5.60 Å². The van der Waals surface area contributed by atoms with Crippen LogP contribution >= 0.6 is 23.2 Å². The molecule has 4 aromatic rings. The van der Waals surface area contributed by atoms with Gasteiger partial charge in [0, 0.05) is 43.9 Å². The number of nitrogens with one attached hydrogen (secondary N) is 1. The van der Waals surface area contributed by atoms with E-state index >= 15 is 0 Å². The van der Waals surface area contributed by atoms with Gasteiger partial charge in [-0.25, -0.2) is 9.97 Å². The lowest BCUT2D eigenvalue weighted by atomic mass is 9.83. The quantitative estimate of drug-likeness (QED) is 0.354. The summed E-state index contributed by atoms with van der Waals surface area (Å²) in [5.74, 6) is 2.43. The highest BCUT2D eigenvalue weighted by atomic mass is 35.5. The lowest BCUT2D eigenvalue weighted by Gasteiger charge is -2.42. The molecule has 1 atom stereocenters. The van der Waals surface area contributed by atoms with Crippen molar-refractivity contribution < 1.29 is 4.74 Å². The van der Waals surface area contributed by atoms with Crippen LogP contribution in [0.4, 0.5) is 5.82 Å². The Hall–Kier alpha value is -3.33. The van der Waals surface area contributed by atoms with E-state index in [1.54, 1.807) is 12.3 Å². The normalized spacial score (nSPS) is 19.8. The highest BCUT2D eigenvalue weighted by molar-refractivity contribution is 6.43. The van der Waals surface area contributed by atoms with Crippen molar-refractivity contribution in [3.05, 3.63) is 77.0 Å². The summed E-state index contributed by atoms with van der Waals surface area (Å²) in [4.78, 5) is 11.7. The molecule has 5 heterocycles. The zero-order valence-corrected chi connectivity index (χ0v) is 21.2. The minimum atomic E-state index is -0.398. The summed E-state index contributed by atoms with van der Waals surface area (Å²) in [6, 6.07) is 3.69. The number of nitrogens with two attached hydrogens (primary N) is 1. The number of ether oxygens (including phenoxy) is 1. The van der Waals surface area contributed by atoms with E-state index in [-0.39, 0.29) is 6.04 Å². The first kappa shape index (κ1) is 23.1. The minimum absolute atomic E-state index is 0.138. The van der Waals surface area contributed by atoms with Crippen molar-refractivity contribution in [1.29, 1.82) is 0 Å². The highest BCUT2D eigenvalue weighted by Crippen LogP contribution is 2.42. The monoisotopic (exact) mass is 521 g/mol. The number of hydrogen-bond donors (Lipinski definition) is 2. The van der Waals surface area contributed by atoms with E-state index in [9.17, 15) is 0 Å². The second-order valence-corrected chi connectivity index (χ2v) is 9.96. The number of aromatic nitrogens is 5. The van der Waals surface area contributed by atoms with Gasteiger partial charge in [0.1, 0.15) is 22.7 Å². The molecule has 0 bridgehead atoms. The molecule has 1 saturated heterocycles. The summed E-state index contributed by atoms with van der Waals surface area (Å²) in [6.45, 7) is 7.33. The molecule has 0 amide bonds. The summed E-state index contributed by atoms with van der Waals surface area (Å²) < 4.78 is 8.43. The third-order valence-corrected chi connectivity index (χ3v) is 8.00. The van der Waals surface area contributed by atoms with Crippen LogP contribution < -0.4 is 10.6 Å². The summed E-state index contributed by atoms with van der Waals surface area (Å²) in [6.07, 6.45) is 12.7. The van der Waals surface area contributed by atoms with E-state index in [1.807, 2.05) is 48.0 Å². The first-order chi connectivity index (χ1) is 17.4. The Kier molecular flexibility index (Phi) is 5.55. The SMILES string of the molecule is C=C/C=C\C1=C(C)[C@@H](N)C2(CCN(c3nccn4c(-c5ccc6[nH]nc(Cl)c6c5Cl)ncc34)CC2)O1. The molecule has 36 heavy (non-hydrogen) atoms. The van der Waals surface area contributed by atoms with Gasteiger partial charge >= 0.3 is 0 Å². The number of hydrogen-bond acceptors (Lipinski definition) is 6. The highest BCUT2D eigenvalue weighted by Gasteiger charge is 2.48. The lowest BCUT2D eigenvalue weighted by Crippen LogP contribution is -2.54. The Morgan fingerprint density at radius 3 is 2.83 bits per heavy atom. The number of H-pyrrole nitrogens is 1. The van der Waals surface area contributed by atoms with Crippen LogP contribution in [0.3, 0.4) is 0 Å². The predicted octanol–water partition coefficient (Wildman–Crippen LogP) is 5.29. The average molecular weight is 522 g/mol. The number of nitrogens with zero attached hydrogens (tertiary/aromatic N) is 5. The molecule has 0 radical (unpaired) electrons. The lowest BCUT2D eigenvalue weighted by molar-refractivity contribution is -0.00158. The van der Waals surface area contributed by atoms with Gasteiger partial charge in [0.05, 0.1) is 28.2 Å². The first-order valence-electron chi connectivity index (χ1n) is 11.8.